The second kappa shape index (κ2) is 6.19. The van der Waals surface area contributed by atoms with Crippen molar-refractivity contribution in [3.05, 3.63) is 35.9 Å². The van der Waals surface area contributed by atoms with Crippen molar-refractivity contribution in [3.63, 3.8) is 0 Å². The van der Waals surface area contributed by atoms with Crippen LogP contribution in [-0.2, 0) is 20.9 Å². The van der Waals surface area contributed by atoms with E-state index in [0.29, 0.717) is 0 Å². The molecule has 0 heterocycles. The number of hydrogen-bond acceptors (Lipinski definition) is 3. The van der Waals surface area contributed by atoms with Gasteiger partial charge in [-0.1, -0.05) is 44.2 Å². The molecular weight excluding hydrogens is 232 g/mol. The Morgan fingerprint density at radius 1 is 1.17 bits per heavy atom. The van der Waals surface area contributed by atoms with Gasteiger partial charge in [0.2, 0.25) is 0 Å². The highest BCUT2D eigenvalue weighted by molar-refractivity contribution is 5.99. The SMILES string of the molecule is CCC(CC)(C(=O)O)C(=O)OCc1ccccc1. The molecule has 0 aromatic heterocycles. The van der Waals surface area contributed by atoms with Crippen LogP contribution in [0.4, 0.5) is 0 Å². The van der Waals surface area contributed by atoms with Gasteiger partial charge in [0.05, 0.1) is 0 Å². The number of rotatable bonds is 6. The molecule has 0 amide bonds. The largest absolute Gasteiger partial charge is 0.480 e. The van der Waals surface area contributed by atoms with E-state index in [0.717, 1.165) is 5.56 Å². The van der Waals surface area contributed by atoms with Gasteiger partial charge in [-0.15, -0.1) is 0 Å². The summed E-state index contributed by atoms with van der Waals surface area (Å²) < 4.78 is 5.12. The monoisotopic (exact) mass is 250 g/mol. The lowest BCUT2D eigenvalue weighted by atomic mass is 9.82. The first kappa shape index (κ1) is 14.2. The fourth-order valence-corrected chi connectivity index (χ4v) is 1.79. The van der Waals surface area contributed by atoms with Gasteiger partial charge in [-0.05, 0) is 18.4 Å². The summed E-state index contributed by atoms with van der Waals surface area (Å²) in [5, 5.41) is 9.19. The third-order valence-electron chi connectivity index (χ3n) is 3.22. The summed E-state index contributed by atoms with van der Waals surface area (Å²) in [4.78, 5) is 23.2. The van der Waals surface area contributed by atoms with Crippen LogP contribution < -0.4 is 0 Å². The zero-order valence-electron chi connectivity index (χ0n) is 10.7. The molecule has 4 nitrogen and oxygen atoms in total. The highest BCUT2D eigenvalue weighted by Crippen LogP contribution is 2.28. The van der Waals surface area contributed by atoms with E-state index in [1.54, 1.807) is 13.8 Å². The molecule has 0 fully saturated rings. The Bertz CT molecular complexity index is 407. The number of carbonyl (C=O) groups excluding carboxylic acids is 1. The third kappa shape index (κ3) is 2.88. The maximum absolute atomic E-state index is 11.9. The van der Waals surface area contributed by atoms with E-state index in [1.807, 2.05) is 30.3 Å². The Morgan fingerprint density at radius 3 is 2.17 bits per heavy atom. The maximum atomic E-state index is 11.9. The fourth-order valence-electron chi connectivity index (χ4n) is 1.79. The molecule has 98 valence electrons. The van der Waals surface area contributed by atoms with Crippen LogP contribution in [0, 0.1) is 5.41 Å². The number of esters is 1. The Kier molecular flexibility index (Phi) is 4.89. The molecule has 1 N–H and O–H groups in total. The van der Waals surface area contributed by atoms with Crippen LogP contribution >= 0.6 is 0 Å². The molecule has 0 spiro atoms. The normalized spacial score (nSPS) is 11.0. The van der Waals surface area contributed by atoms with Gasteiger partial charge < -0.3 is 9.84 Å². The summed E-state index contributed by atoms with van der Waals surface area (Å²) in [5.41, 5.74) is -0.577. The van der Waals surface area contributed by atoms with E-state index in [4.69, 9.17) is 4.74 Å². The fraction of sp³-hybridized carbons (Fsp3) is 0.429. The van der Waals surface area contributed by atoms with Gasteiger partial charge in [-0.3, -0.25) is 9.59 Å². The lowest BCUT2D eigenvalue weighted by Gasteiger charge is -2.24. The Balaban J connectivity index is 2.72. The highest BCUT2D eigenvalue weighted by Gasteiger charge is 2.44. The van der Waals surface area contributed by atoms with Gasteiger partial charge in [0.1, 0.15) is 6.61 Å². The van der Waals surface area contributed by atoms with E-state index in [9.17, 15) is 14.7 Å². The average Bonchev–Trinajstić information content (AvgIpc) is 2.39. The predicted octanol–water partition coefficient (Wildman–Crippen LogP) is 2.62. The van der Waals surface area contributed by atoms with Gasteiger partial charge in [0.25, 0.3) is 0 Å². The van der Waals surface area contributed by atoms with Crippen LogP contribution in [0.3, 0.4) is 0 Å². The first-order valence-corrected chi connectivity index (χ1v) is 6.01. The van der Waals surface area contributed by atoms with Crippen LogP contribution in [0.2, 0.25) is 0 Å². The standard InChI is InChI=1S/C14H18O4/c1-3-14(4-2,12(15)16)13(17)18-10-11-8-6-5-7-9-11/h5-9H,3-4,10H2,1-2H3,(H,15,16). The molecule has 0 aliphatic heterocycles. The van der Waals surface area contributed by atoms with Crippen LogP contribution in [-0.4, -0.2) is 17.0 Å². The molecule has 1 aromatic rings. The molecule has 0 saturated carbocycles. The topological polar surface area (TPSA) is 63.6 Å². The van der Waals surface area contributed by atoms with E-state index < -0.39 is 17.4 Å². The van der Waals surface area contributed by atoms with Crippen LogP contribution in [0.25, 0.3) is 0 Å². The van der Waals surface area contributed by atoms with Crippen molar-refractivity contribution in [1.82, 2.24) is 0 Å². The van der Waals surface area contributed by atoms with Crippen molar-refractivity contribution in [2.75, 3.05) is 0 Å². The lowest BCUT2D eigenvalue weighted by molar-refractivity contribution is -0.170. The predicted molar refractivity (Wildman–Crippen MR) is 66.9 cm³/mol. The summed E-state index contributed by atoms with van der Waals surface area (Å²) in [6, 6.07) is 9.20. The van der Waals surface area contributed by atoms with Crippen molar-refractivity contribution < 1.29 is 19.4 Å². The number of carbonyl (C=O) groups is 2. The first-order valence-electron chi connectivity index (χ1n) is 6.01. The Labute approximate surface area is 107 Å². The number of carboxylic acid groups (broad SMARTS) is 1. The minimum Gasteiger partial charge on any atom is -0.480 e. The van der Waals surface area contributed by atoms with Crippen molar-refractivity contribution >= 4 is 11.9 Å². The second-order valence-corrected chi connectivity index (χ2v) is 4.16. The van der Waals surface area contributed by atoms with Crippen LogP contribution in [0.5, 0.6) is 0 Å². The van der Waals surface area contributed by atoms with Crippen molar-refractivity contribution in [1.29, 1.82) is 0 Å². The lowest BCUT2D eigenvalue weighted by Crippen LogP contribution is -2.39. The number of ether oxygens (including phenoxy) is 1. The van der Waals surface area contributed by atoms with E-state index in [1.165, 1.54) is 0 Å². The average molecular weight is 250 g/mol. The quantitative estimate of drug-likeness (QED) is 0.622. The molecule has 0 aliphatic rings. The molecule has 0 saturated heterocycles. The third-order valence-corrected chi connectivity index (χ3v) is 3.22. The molecular formula is C14H18O4. The number of hydrogen-bond donors (Lipinski definition) is 1. The van der Waals surface area contributed by atoms with Crippen molar-refractivity contribution in [2.45, 2.75) is 33.3 Å². The molecule has 1 rings (SSSR count). The summed E-state index contributed by atoms with van der Waals surface area (Å²) in [5.74, 6) is -1.78. The zero-order chi connectivity index (χ0) is 13.6. The summed E-state index contributed by atoms with van der Waals surface area (Å²) in [6.45, 7) is 3.47. The van der Waals surface area contributed by atoms with Crippen molar-refractivity contribution in [2.24, 2.45) is 5.41 Å². The Hall–Kier alpha value is -1.84. The molecule has 18 heavy (non-hydrogen) atoms. The van der Waals surface area contributed by atoms with Crippen LogP contribution in [0.15, 0.2) is 30.3 Å². The molecule has 0 aliphatic carbocycles. The molecule has 0 atom stereocenters. The smallest absolute Gasteiger partial charge is 0.323 e. The minimum atomic E-state index is -1.42. The molecule has 0 bridgehead atoms. The number of carboxylic acids is 1. The molecule has 0 radical (unpaired) electrons. The van der Waals surface area contributed by atoms with Crippen LogP contribution in [0.1, 0.15) is 32.3 Å². The number of benzene rings is 1. The van der Waals surface area contributed by atoms with Gasteiger partial charge in [-0.2, -0.15) is 0 Å². The van der Waals surface area contributed by atoms with Gasteiger partial charge in [0, 0.05) is 0 Å². The maximum Gasteiger partial charge on any atom is 0.323 e. The van der Waals surface area contributed by atoms with Gasteiger partial charge >= 0.3 is 11.9 Å². The Morgan fingerprint density at radius 2 is 1.72 bits per heavy atom. The summed E-state index contributed by atoms with van der Waals surface area (Å²) >= 11 is 0. The minimum absolute atomic E-state index is 0.106. The molecule has 1 aromatic carbocycles. The van der Waals surface area contributed by atoms with E-state index in [2.05, 4.69) is 0 Å². The highest BCUT2D eigenvalue weighted by atomic mass is 16.5. The first-order chi connectivity index (χ1) is 8.56. The molecule has 4 heteroatoms. The zero-order valence-corrected chi connectivity index (χ0v) is 10.7. The van der Waals surface area contributed by atoms with Crippen molar-refractivity contribution in [3.8, 4) is 0 Å². The second-order valence-electron chi connectivity index (χ2n) is 4.16. The van der Waals surface area contributed by atoms with E-state index >= 15 is 0 Å². The summed E-state index contributed by atoms with van der Waals surface area (Å²) in [7, 11) is 0. The summed E-state index contributed by atoms with van der Waals surface area (Å²) in [6.07, 6.45) is 0.457. The van der Waals surface area contributed by atoms with E-state index in [-0.39, 0.29) is 19.4 Å². The number of aliphatic carboxylic acids is 1. The van der Waals surface area contributed by atoms with Gasteiger partial charge in [-0.25, -0.2) is 0 Å². The molecule has 0 unspecified atom stereocenters. The van der Waals surface area contributed by atoms with Gasteiger partial charge in [0.15, 0.2) is 5.41 Å².